The Morgan fingerprint density at radius 2 is 1.60 bits per heavy atom. The Kier molecular flexibility index (Phi) is 5.44. The lowest BCUT2D eigenvalue weighted by molar-refractivity contribution is -0.122. The predicted molar refractivity (Wildman–Crippen MR) is 119 cm³/mol. The van der Waals surface area contributed by atoms with Crippen LogP contribution in [0.15, 0.2) is 78.4 Å². The third-order valence-corrected chi connectivity index (χ3v) is 5.14. The largest absolute Gasteiger partial charge is 0.298 e. The topological polar surface area (TPSA) is 49.4 Å². The zero-order valence-corrected chi connectivity index (χ0v) is 17.0. The summed E-state index contributed by atoms with van der Waals surface area (Å²) in [5.74, 6) is -1.47. The van der Waals surface area contributed by atoms with Crippen LogP contribution in [0.4, 0.5) is 10.1 Å². The van der Waals surface area contributed by atoms with E-state index in [0.29, 0.717) is 16.3 Å². The molecule has 4 nitrogen and oxygen atoms in total. The maximum absolute atomic E-state index is 13.3. The van der Waals surface area contributed by atoms with Crippen LogP contribution in [0, 0.1) is 5.82 Å². The molecule has 148 valence electrons. The number of carbonyl (C=O) groups excluding carboxylic acids is 2. The third-order valence-electron chi connectivity index (χ3n) is 4.60. The molecule has 3 aromatic carbocycles. The first-order chi connectivity index (χ1) is 14.4. The molecule has 7 heteroatoms. The smallest absolute Gasteiger partial charge is 0.270 e. The molecule has 1 heterocycles. The molecular formula is C23H14ClFN2O2S. The molecule has 3 aromatic rings. The summed E-state index contributed by atoms with van der Waals surface area (Å²) in [6.07, 6.45) is 1.51. The van der Waals surface area contributed by atoms with Gasteiger partial charge in [-0.15, -0.1) is 0 Å². The van der Waals surface area contributed by atoms with Crippen LogP contribution in [0.3, 0.4) is 0 Å². The van der Waals surface area contributed by atoms with E-state index in [-0.39, 0.29) is 16.5 Å². The van der Waals surface area contributed by atoms with Crippen molar-refractivity contribution >= 4 is 52.5 Å². The average Bonchev–Trinajstić information content (AvgIpc) is 2.73. The lowest BCUT2D eigenvalue weighted by atomic mass is 9.97. The maximum Gasteiger partial charge on any atom is 0.270 e. The molecule has 0 saturated carbocycles. The molecule has 0 spiro atoms. The normalized spacial score (nSPS) is 15.5. The summed E-state index contributed by atoms with van der Waals surface area (Å²) in [5.41, 5.74) is 2.60. The van der Waals surface area contributed by atoms with E-state index in [2.05, 4.69) is 5.32 Å². The van der Waals surface area contributed by atoms with Crippen LogP contribution >= 0.6 is 23.8 Å². The van der Waals surface area contributed by atoms with Crippen LogP contribution in [-0.2, 0) is 9.59 Å². The summed E-state index contributed by atoms with van der Waals surface area (Å²) >= 11 is 11.1. The number of carbonyl (C=O) groups is 2. The molecule has 0 aliphatic carbocycles. The fourth-order valence-electron chi connectivity index (χ4n) is 3.15. The highest BCUT2D eigenvalue weighted by atomic mass is 35.5. The van der Waals surface area contributed by atoms with Gasteiger partial charge in [-0.1, -0.05) is 48.0 Å². The molecule has 0 unspecified atom stereocenters. The first kappa shape index (κ1) is 19.9. The van der Waals surface area contributed by atoms with Crippen LogP contribution in [0.2, 0.25) is 5.02 Å². The Hall–Kier alpha value is -3.35. The van der Waals surface area contributed by atoms with Crippen molar-refractivity contribution in [2.75, 3.05) is 4.90 Å². The van der Waals surface area contributed by atoms with Gasteiger partial charge in [-0.3, -0.25) is 19.8 Å². The van der Waals surface area contributed by atoms with Crippen LogP contribution in [0.1, 0.15) is 5.56 Å². The minimum absolute atomic E-state index is 0.00343. The minimum Gasteiger partial charge on any atom is -0.298 e. The Labute approximate surface area is 182 Å². The van der Waals surface area contributed by atoms with Crippen LogP contribution in [-0.4, -0.2) is 16.9 Å². The van der Waals surface area contributed by atoms with E-state index in [1.807, 2.05) is 12.1 Å². The van der Waals surface area contributed by atoms with Gasteiger partial charge < -0.3 is 0 Å². The van der Waals surface area contributed by atoms with E-state index in [1.54, 1.807) is 48.5 Å². The molecule has 1 N–H and O–H groups in total. The molecule has 4 rings (SSSR count). The Balaban J connectivity index is 1.77. The summed E-state index contributed by atoms with van der Waals surface area (Å²) in [7, 11) is 0. The van der Waals surface area contributed by atoms with Gasteiger partial charge >= 0.3 is 0 Å². The molecule has 1 aliphatic heterocycles. The predicted octanol–water partition coefficient (Wildman–Crippen LogP) is 4.98. The van der Waals surface area contributed by atoms with Gasteiger partial charge in [-0.05, 0) is 71.4 Å². The zero-order chi connectivity index (χ0) is 21.3. The van der Waals surface area contributed by atoms with E-state index in [4.69, 9.17) is 23.8 Å². The number of nitrogens with zero attached hydrogens (tertiary/aromatic N) is 1. The van der Waals surface area contributed by atoms with Crippen molar-refractivity contribution in [1.29, 1.82) is 0 Å². The number of hydrogen-bond acceptors (Lipinski definition) is 3. The van der Waals surface area contributed by atoms with Gasteiger partial charge in [0.15, 0.2) is 5.11 Å². The highest BCUT2D eigenvalue weighted by Crippen LogP contribution is 2.28. The van der Waals surface area contributed by atoms with Crippen molar-refractivity contribution in [3.05, 3.63) is 94.8 Å². The zero-order valence-electron chi connectivity index (χ0n) is 15.4. The molecule has 30 heavy (non-hydrogen) atoms. The molecule has 0 aromatic heterocycles. The van der Waals surface area contributed by atoms with Gasteiger partial charge in [0.05, 0.1) is 5.69 Å². The van der Waals surface area contributed by atoms with Gasteiger partial charge in [-0.2, -0.15) is 0 Å². The van der Waals surface area contributed by atoms with Gasteiger partial charge in [0.2, 0.25) is 0 Å². The number of rotatable bonds is 3. The molecule has 1 fully saturated rings. The van der Waals surface area contributed by atoms with E-state index < -0.39 is 11.8 Å². The van der Waals surface area contributed by atoms with Crippen LogP contribution in [0.25, 0.3) is 17.2 Å². The van der Waals surface area contributed by atoms with Crippen molar-refractivity contribution in [2.45, 2.75) is 0 Å². The third kappa shape index (κ3) is 3.87. The Morgan fingerprint density at radius 3 is 2.30 bits per heavy atom. The molecule has 1 aliphatic rings. The van der Waals surface area contributed by atoms with Gasteiger partial charge in [0, 0.05) is 5.02 Å². The number of nitrogens with one attached hydrogen (secondary N) is 1. The van der Waals surface area contributed by atoms with E-state index in [0.717, 1.165) is 11.1 Å². The summed E-state index contributed by atoms with van der Waals surface area (Å²) in [6.45, 7) is 0. The number of amides is 2. The van der Waals surface area contributed by atoms with Crippen LogP contribution < -0.4 is 10.2 Å². The Bertz CT molecular complexity index is 1190. The number of thiocarbonyl (C=S) groups is 1. The molecule has 2 amide bonds. The van der Waals surface area contributed by atoms with Crippen LogP contribution in [0.5, 0.6) is 0 Å². The number of halogens is 2. The highest BCUT2D eigenvalue weighted by molar-refractivity contribution is 7.80. The molecule has 1 saturated heterocycles. The maximum atomic E-state index is 13.3. The number of benzene rings is 3. The molecule has 0 bridgehead atoms. The number of hydrogen-bond donors (Lipinski definition) is 1. The number of anilines is 1. The second kappa shape index (κ2) is 8.18. The monoisotopic (exact) mass is 436 g/mol. The van der Waals surface area contributed by atoms with E-state index in [9.17, 15) is 14.0 Å². The van der Waals surface area contributed by atoms with Gasteiger partial charge in [0.25, 0.3) is 11.8 Å². The first-order valence-electron chi connectivity index (χ1n) is 8.96. The quantitative estimate of drug-likeness (QED) is 0.358. The fourth-order valence-corrected chi connectivity index (χ4v) is 3.56. The standard InChI is InChI=1S/C23H14ClFN2O2S/c24-16-7-11-18(12-8-16)27-22(29)20(21(28)26-23(27)30)13-15-3-1-2-4-19(15)14-5-9-17(25)10-6-14/h1-13H,(H,26,28,30). The summed E-state index contributed by atoms with van der Waals surface area (Å²) in [6, 6.07) is 19.8. The summed E-state index contributed by atoms with van der Waals surface area (Å²) in [4.78, 5) is 27.0. The second-order valence-electron chi connectivity index (χ2n) is 6.53. The fraction of sp³-hybridized carbons (Fsp3) is 0. The summed E-state index contributed by atoms with van der Waals surface area (Å²) in [5, 5.41) is 3.07. The van der Waals surface area contributed by atoms with Crippen molar-refractivity contribution in [3.63, 3.8) is 0 Å². The lowest BCUT2D eigenvalue weighted by Crippen LogP contribution is -2.54. The van der Waals surface area contributed by atoms with Gasteiger partial charge in [-0.25, -0.2) is 4.39 Å². The minimum atomic E-state index is -0.580. The lowest BCUT2D eigenvalue weighted by Gasteiger charge is -2.29. The van der Waals surface area contributed by atoms with Crippen molar-refractivity contribution in [3.8, 4) is 11.1 Å². The average molecular weight is 437 g/mol. The highest BCUT2D eigenvalue weighted by Gasteiger charge is 2.34. The van der Waals surface area contributed by atoms with Crippen molar-refractivity contribution in [1.82, 2.24) is 5.32 Å². The SMILES string of the molecule is O=C1NC(=S)N(c2ccc(Cl)cc2)C(=O)C1=Cc1ccccc1-c1ccc(F)cc1. The van der Waals surface area contributed by atoms with Crippen molar-refractivity contribution < 1.29 is 14.0 Å². The van der Waals surface area contributed by atoms with Crippen molar-refractivity contribution in [2.24, 2.45) is 0 Å². The van der Waals surface area contributed by atoms with E-state index >= 15 is 0 Å². The molecular weight excluding hydrogens is 423 g/mol. The molecule has 0 atom stereocenters. The Morgan fingerprint density at radius 1 is 0.933 bits per heavy atom. The van der Waals surface area contributed by atoms with E-state index in [1.165, 1.54) is 23.1 Å². The second-order valence-corrected chi connectivity index (χ2v) is 7.35. The molecule has 0 radical (unpaired) electrons. The first-order valence-corrected chi connectivity index (χ1v) is 9.74. The van der Waals surface area contributed by atoms with Gasteiger partial charge in [0.1, 0.15) is 11.4 Å². The summed E-state index contributed by atoms with van der Waals surface area (Å²) < 4.78 is 13.3.